The van der Waals surface area contributed by atoms with Crippen LogP contribution < -0.4 is 15.9 Å². The average molecular weight is 235 g/mol. The fourth-order valence-corrected chi connectivity index (χ4v) is 2.10. The molecule has 0 atom stereocenters. The number of nitrogens with zero attached hydrogens (tertiary/aromatic N) is 1. The van der Waals surface area contributed by atoms with Crippen LogP contribution in [0.3, 0.4) is 0 Å². The molecule has 1 saturated heterocycles. The number of anilines is 2. The van der Waals surface area contributed by atoms with Crippen molar-refractivity contribution < 1.29 is 4.74 Å². The smallest absolute Gasteiger partial charge is 0.144 e. The molecule has 1 aromatic rings. The fourth-order valence-electron chi connectivity index (χ4n) is 2.10. The van der Waals surface area contributed by atoms with Crippen LogP contribution in [0.15, 0.2) is 18.2 Å². The second-order valence-corrected chi connectivity index (χ2v) is 4.31. The zero-order valence-corrected chi connectivity index (χ0v) is 10.4. The van der Waals surface area contributed by atoms with E-state index in [-0.39, 0.29) is 0 Å². The van der Waals surface area contributed by atoms with Gasteiger partial charge in [-0.1, -0.05) is 12.5 Å². The molecule has 3 N–H and O–H groups in total. The van der Waals surface area contributed by atoms with Gasteiger partial charge in [-0.25, -0.2) is 5.01 Å². The van der Waals surface area contributed by atoms with Gasteiger partial charge < -0.3 is 15.9 Å². The van der Waals surface area contributed by atoms with Gasteiger partial charge in [0.2, 0.25) is 0 Å². The Morgan fingerprint density at radius 2 is 2.06 bits per heavy atom. The standard InChI is InChI=1S/C13H21N3O/c1-2-17-12-8-6-7-11(13(12)14)15-16-9-4-3-5-10-16/h6-8,15H,2-5,9-10,14H2,1H3. The fraction of sp³-hybridized carbons (Fsp3) is 0.538. The molecule has 0 aliphatic carbocycles. The summed E-state index contributed by atoms with van der Waals surface area (Å²) in [7, 11) is 0. The lowest BCUT2D eigenvalue weighted by atomic mass is 10.2. The van der Waals surface area contributed by atoms with Gasteiger partial charge in [-0.3, -0.25) is 0 Å². The van der Waals surface area contributed by atoms with Gasteiger partial charge in [-0.2, -0.15) is 0 Å². The Hall–Kier alpha value is -1.42. The van der Waals surface area contributed by atoms with Crippen LogP contribution in [-0.2, 0) is 0 Å². The van der Waals surface area contributed by atoms with Gasteiger partial charge >= 0.3 is 0 Å². The molecule has 4 heteroatoms. The second kappa shape index (κ2) is 5.77. The first-order valence-corrected chi connectivity index (χ1v) is 6.34. The predicted octanol–water partition coefficient (Wildman–Crippen LogP) is 2.48. The van der Waals surface area contributed by atoms with Gasteiger partial charge in [0, 0.05) is 13.1 Å². The molecule has 4 nitrogen and oxygen atoms in total. The number of hydrogen-bond acceptors (Lipinski definition) is 4. The van der Waals surface area contributed by atoms with E-state index in [0.717, 1.165) is 24.5 Å². The van der Waals surface area contributed by atoms with Gasteiger partial charge in [-0.05, 0) is 31.9 Å². The van der Waals surface area contributed by atoms with E-state index in [1.54, 1.807) is 0 Å². The number of piperidine rings is 1. The quantitative estimate of drug-likeness (QED) is 0.787. The van der Waals surface area contributed by atoms with Crippen molar-refractivity contribution in [1.29, 1.82) is 0 Å². The summed E-state index contributed by atoms with van der Waals surface area (Å²) in [6, 6.07) is 5.86. The molecule has 17 heavy (non-hydrogen) atoms. The van der Waals surface area contributed by atoms with Gasteiger partial charge in [-0.15, -0.1) is 0 Å². The maximum Gasteiger partial charge on any atom is 0.144 e. The summed E-state index contributed by atoms with van der Waals surface area (Å²) < 4.78 is 5.48. The van der Waals surface area contributed by atoms with Crippen molar-refractivity contribution in [2.24, 2.45) is 0 Å². The summed E-state index contributed by atoms with van der Waals surface area (Å²) in [6.45, 7) is 4.76. The number of ether oxygens (including phenoxy) is 1. The Morgan fingerprint density at radius 3 is 2.76 bits per heavy atom. The van der Waals surface area contributed by atoms with Crippen molar-refractivity contribution in [1.82, 2.24) is 5.01 Å². The lowest BCUT2D eigenvalue weighted by molar-refractivity contribution is 0.273. The van der Waals surface area contributed by atoms with Gasteiger partial charge in [0.15, 0.2) is 0 Å². The first-order chi connectivity index (χ1) is 8.31. The zero-order valence-electron chi connectivity index (χ0n) is 10.4. The molecule has 0 amide bonds. The minimum atomic E-state index is 0.636. The van der Waals surface area contributed by atoms with Crippen LogP contribution in [0.4, 0.5) is 11.4 Å². The van der Waals surface area contributed by atoms with E-state index in [9.17, 15) is 0 Å². The van der Waals surface area contributed by atoms with E-state index in [0.29, 0.717) is 12.3 Å². The molecule has 2 rings (SSSR count). The highest BCUT2D eigenvalue weighted by Gasteiger charge is 2.12. The summed E-state index contributed by atoms with van der Waals surface area (Å²) in [5.41, 5.74) is 11.1. The SMILES string of the molecule is CCOc1cccc(NN2CCCCC2)c1N. The second-order valence-electron chi connectivity index (χ2n) is 4.31. The minimum Gasteiger partial charge on any atom is -0.492 e. The third-order valence-electron chi connectivity index (χ3n) is 3.00. The molecule has 0 saturated carbocycles. The molecule has 94 valence electrons. The summed E-state index contributed by atoms with van der Waals surface area (Å²) in [4.78, 5) is 0. The lowest BCUT2D eigenvalue weighted by Crippen LogP contribution is -2.35. The molecule has 0 unspecified atom stereocenters. The zero-order chi connectivity index (χ0) is 12.1. The molecule has 0 spiro atoms. The van der Waals surface area contributed by atoms with Crippen LogP contribution >= 0.6 is 0 Å². The molecule has 0 radical (unpaired) electrons. The highest BCUT2D eigenvalue weighted by molar-refractivity contribution is 5.72. The summed E-state index contributed by atoms with van der Waals surface area (Å²) in [6.07, 6.45) is 3.82. The van der Waals surface area contributed by atoms with Crippen molar-refractivity contribution in [3.63, 3.8) is 0 Å². The normalized spacial score (nSPS) is 16.8. The molecule has 1 fully saturated rings. The Labute approximate surface area is 103 Å². The maximum absolute atomic E-state index is 6.07. The van der Waals surface area contributed by atoms with E-state index in [4.69, 9.17) is 10.5 Å². The molecular formula is C13H21N3O. The van der Waals surface area contributed by atoms with Crippen molar-refractivity contribution >= 4 is 11.4 Å². The largest absolute Gasteiger partial charge is 0.492 e. The number of nitrogens with two attached hydrogens (primary N) is 1. The minimum absolute atomic E-state index is 0.636. The number of benzene rings is 1. The third kappa shape index (κ3) is 3.03. The Kier molecular flexibility index (Phi) is 4.09. The maximum atomic E-state index is 6.07. The summed E-state index contributed by atoms with van der Waals surface area (Å²) in [5, 5.41) is 2.23. The number of hydrogen-bond donors (Lipinski definition) is 2. The number of hydrazine groups is 1. The van der Waals surface area contributed by atoms with Crippen LogP contribution in [0, 0.1) is 0 Å². The number of para-hydroxylation sites is 1. The Morgan fingerprint density at radius 1 is 1.29 bits per heavy atom. The van der Waals surface area contributed by atoms with E-state index >= 15 is 0 Å². The van der Waals surface area contributed by atoms with Gasteiger partial charge in [0.1, 0.15) is 5.75 Å². The van der Waals surface area contributed by atoms with Crippen LogP contribution in [0.1, 0.15) is 26.2 Å². The van der Waals surface area contributed by atoms with Gasteiger partial charge in [0.25, 0.3) is 0 Å². The monoisotopic (exact) mass is 235 g/mol. The molecule has 1 aliphatic rings. The molecule has 0 aromatic heterocycles. The first kappa shape index (κ1) is 12.0. The molecule has 1 heterocycles. The van der Waals surface area contributed by atoms with Crippen molar-refractivity contribution in [3.05, 3.63) is 18.2 Å². The lowest BCUT2D eigenvalue weighted by Gasteiger charge is -2.28. The van der Waals surface area contributed by atoms with E-state index in [1.165, 1.54) is 19.3 Å². The summed E-state index contributed by atoms with van der Waals surface area (Å²) >= 11 is 0. The first-order valence-electron chi connectivity index (χ1n) is 6.34. The Balaban J connectivity index is 2.06. The highest BCUT2D eigenvalue weighted by atomic mass is 16.5. The van der Waals surface area contributed by atoms with E-state index in [1.807, 2.05) is 25.1 Å². The number of nitrogens with one attached hydrogen (secondary N) is 1. The highest BCUT2D eigenvalue weighted by Crippen LogP contribution is 2.30. The molecule has 1 aromatic carbocycles. The van der Waals surface area contributed by atoms with Crippen molar-refractivity contribution in [3.8, 4) is 5.75 Å². The third-order valence-corrected chi connectivity index (χ3v) is 3.00. The molecular weight excluding hydrogens is 214 g/mol. The van der Waals surface area contributed by atoms with Crippen molar-refractivity contribution in [2.75, 3.05) is 30.9 Å². The average Bonchev–Trinajstić information content (AvgIpc) is 2.36. The van der Waals surface area contributed by atoms with E-state index in [2.05, 4.69) is 10.4 Å². The van der Waals surface area contributed by atoms with Crippen molar-refractivity contribution in [2.45, 2.75) is 26.2 Å². The molecule has 0 bridgehead atoms. The van der Waals surface area contributed by atoms with Crippen LogP contribution in [-0.4, -0.2) is 24.7 Å². The predicted molar refractivity (Wildman–Crippen MR) is 71.1 cm³/mol. The van der Waals surface area contributed by atoms with Gasteiger partial charge in [0.05, 0.1) is 18.0 Å². The molecule has 1 aliphatic heterocycles. The Bertz CT molecular complexity index is 362. The van der Waals surface area contributed by atoms with E-state index < -0.39 is 0 Å². The van der Waals surface area contributed by atoms with Crippen LogP contribution in [0.2, 0.25) is 0 Å². The van der Waals surface area contributed by atoms with Crippen LogP contribution in [0.25, 0.3) is 0 Å². The number of rotatable bonds is 4. The number of nitrogen functional groups attached to an aromatic ring is 1. The summed E-state index contributed by atoms with van der Waals surface area (Å²) in [5.74, 6) is 0.759. The van der Waals surface area contributed by atoms with Crippen LogP contribution in [0.5, 0.6) is 5.75 Å². The topological polar surface area (TPSA) is 50.5 Å².